The highest BCUT2D eigenvalue weighted by Crippen LogP contribution is 2.50. The highest BCUT2D eigenvalue weighted by molar-refractivity contribution is 5.05. The van der Waals surface area contributed by atoms with E-state index >= 15 is 0 Å². The first-order valence-electron chi connectivity index (χ1n) is 6.83. The standard InChI is InChI=1S/C13H22N2/c1-4-13(5-1)8-15(9-13)12-6-10-2-3-11(7-12)14-10/h10-12,14H,1-9H2. The molecule has 84 valence electrons. The summed E-state index contributed by atoms with van der Waals surface area (Å²) in [5, 5.41) is 3.75. The maximum Gasteiger partial charge on any atom is 0.0125 e. The van der Waals surface area contributed by atoms with E-state index in [-0.39, 0.29) is 0 Å². The minimum absolute atomic E-state index is 0.823. The predicted molar refractivity (Wildman–Crippen MR) is 60.8 cm³/mol. The largest absolute Gasteiger partial charge is 0.311 e. The van der Waals surface area contributed by atoms with Gasteiger partial charge in [0.15, 0.2) is 0 Å². The second-order valence-corrected chi connectivity index (χ2v) is 6.52. The van der Waals surface area contributed by atoms with Crippen molar-refractivity contribution in [3.05, 3.63) is 0 Å². The van der Waals surface area contributed by atoms with E-state index in [0.717, 1.165) is 23.5 Å². The fraction of sp³-hybridized carbons (Fsp3) is 1.00. The zero-order chi connectivity index (χ0) is 9.88. The number of nitrogens with one attached hydrogen (secondary N) is 1. The number of nitrogens with zero attached hydrogens (tertiary/aromatic N) is 1. The Balaban J connectivity index is 1.39. The summed E-state index contributed by atoms with van der Waals surface area (Å²) < 4.78 is 0. The number of fused-ring (bicyclic) bond motifs is 2. The zero-order valence-corrected chi connectivity index (χ0v) is 9.54. The molecular formula is C13H22N2. The molecule has 1 N–H and O–H groups in total. The van der Waals surface area contributed by atoms with Crippen molar-refractivity contribution in [3.63, 3.8) is 0 Å². The molecule has 15 heavy (non-hydrogen) atoms. The van der Waals surface area contributed by atoms with E-state index in [9.17, 15) is 0 Å². The van der Waals surface area contributed by atoms with E-state index in [1.807, 2.05) is 0 Å². The number of likely N-dealkylation sites (tertiary alicyclic amines) is 1. The lowest BCUT2D eigenvalue weighted by molar-refractivity contribution is -0.0911. The van der Waals surface area contributed by atoms with Crippen molar-refractivity contribution >= 4 is 0 Å². The van der Waals surface area contributed by atoms with E-state index in [0.29, 0.717) is 0 Å². The van der Waals surface area contributed by atoms with E-state index < -0.39 is 0 Å². The quantitative estimate of drug-likeness (QED) is 0.703. The van der Waals surface area contributed by atoms with Crippen molar-refractivity contribution in [1.29, 1.82) is 0 Å². The van der Waals surface area contributed by atoms with Crippen molar-refractivity contribution in [1.82, 2.24) is 10.2 Å². The van der Waals surface area contributed by atoms with Crippen LogP contribution in [-0.4, -0.2) is 36.1 Å². The van der Waals surface area contributed by atoms with Crippen molar-refractivity contribution < 1.29 is 0 Å². The molecule has 0 amide bonds. The summed E-state index contributed by atoms with van der Waals surface area (Å²) in [7, 11) is 0. The van der Waals surface area contributed by atoms with Gasteiger partial charge in [-0.1, -0.05) is 6.42 Å². The minimum Gasteiger partial charge on any atom is -0.311 e. The van der Waals surface area contributed by atoms with Gasteiger partial charge in [-0.15, -0.1) is 0 Å². The van der Waals surface area contributed by atoms with Gasteiger partial charge >= 0.3 is 0 Å². The summed E-state index contributed by atoms with van der Waals surface area (Å²) in [4.78, 5) is 2.80. The summed E-state index contributed by atoms with van der Waals surface area (Å²) in [5.74, 6) is 0. The maximum absolute atomic E-state index is 3.75. The molecule has 2 unspecified atom stereocenters. The molecule has 2 atom stereocenters. The summed E-state index contributed by atoms with van der Waals surface area (Å²) >= 11 is 0. The van der Waals surface area contributed by atoms with Crippen LogP contribution >= 0.6 is 0 Å². The summed E-state index contributed by atoms with van der Waals surface area (Å²) in [6.07, 6.45) is 10.3. The Kier molecular flexibility index (Phi) is 1.79. The lowest BCUT2D eigenvalue weighted by Gasteiger charge is -2.59. The third-order valence-electron chi connectivity index (χ3n) is 5.46. The molecule has 0 radical (unpaired) electrons. The third-order valence-corrected chi connectivity index (χ3v) is 5.46. The van der Waals surface area contributed by atoms with Gasteiger partial charge in [-0.25, -0.2) is 0 Å². The number of piperidine rings is 1. The van der Waals surface area contributed by atoms with Crippen LogP contribution in [0.4, 0.5) is 0 Å². The van der Waals surface area contributed by atoms with Crippen LogP contribution in [0, 0.1) is 5.41 Å². The molecule has 2 heteroatoms. The Hall–Kier alpha value is -0.0800. The lowest BCUT2D eigenvalue weighted by atomic mass is 9.63. The van der Waals surface area contributed by atoms with Crippen LogP contribution in [0.5, 0.6) is 0 Å². The zero-order valence-electron chi connectivity index (χ0n) is 9.54. The topological polar surface area (TPSA) is 15.3 Å². The second kappa shape index (κ2) is 2.98. The van der Waals surface area contributed by atoms with Gasteiger partial charge in [0.25, 0.3) is 0 Å². The van der Waals surface area contributed by atoms with Crippen LogP contribution in [0.2, 0.25) is 0 Å². The fourth-order valence-corrected chi connectivity index (χ4v) is 4.39. The van der Waals surface area contributed by atoms with E-state index in [2.05, 4.69) is 10.2 Å². The van der Waals surface area contributed by atoms with Gasteiger partial charge in [0, 0.05) is 31.2 Å². The molecule has 2 nitrogen and oxygen atoms in total. The third kappa shape index (κ3) is 1.31. The SMILES string of the molecule is C1CC2(C1)CN(C1CC3CCC(C1)N3)C2. The first-order valence-corrected chi connectivity index (χ1v) is 6.83. The fourth-order valence-electron chi connectivity index (χ4n) is 4.39. The molecule has 4 fully saturated rings. The smallest absolute Gasteiger partial charge is 0.0125 e. The maximum atomic E-state index is 3.75. The molecule has 4 rings (SSSR count). The molecule has 3 saturated heterocycles. The van der Waals surface area contributed by atoms with Gasteiger partial charge < -0.3 is 5.32 Å². The summed E-state index contributed by atoms with van der Waals surface area (Å²) in [6, 6.07) is 2.67. The Labute approximate surface area is 92.4 Å². The van der Waals surface area contributed by atoms with Gasteiger partial charge in [0.2, 0.25) is 0 Å². The van der Waals surface area contributed by atoms with Crippen molar-refractivity contribution in [2.75, 3.05) is 13.1 Å². The van der Waals surface area contributed by atoms with Crippen molar-refractivity contribution in [2.45, 2.75) is 63.1 Å². The minimum atomic E-state index is 0.823. The van der Waals surface area contributed by atoms with Gasteiger partial charge in [0.1, 0.15) is 0 Å². The molecule has 4 aliphatic rings. The van der Waals surface area contributed by atoms with Crippen molar-refractivity contribution in [2.24, 2.45) is 5.41 Å². The lowest BCUT2D eigenvalue weighted by Crippen LogP contribution is -2.64. The first-order chi connectivity index (χ1) is 7.33. The monoisotopic (exact) mass is 206 g/mol. The second-order valence-electron chi connectivity index (χ2n) is 6.52. The van der Waals surface area contributed by atoms with Crippen LogP contribution in [0.25, 0.3) is 0 Å². The average molecular weight is 206 g/mol. The van der Waals surface area contributed by atoms with E-state index in [4.69, 9.17) is 0 Å². The van der Waals surface area contributed by atoms with Crippen molar-refractivity contribution in [3.8, 4) is 0 Å². The molecular weight excluding hydrogens is 184 g/mol. The van der Waals surface area contributed by atoms with Crippen LogP contribution < -0.4 is 5.32 Å². The van der Waals surface area contributed by atoms with Crippen LogP contribution in [-0.2, 0) is 0 Å². The molecule has 0 aromatic rings. The van der Waals surface area contributed by atoms with Crippen LogP contribution in [0.15, 0.2) is 0 Å². The summed E-state index contributed by atoms with van der Waals surface area (Å²) in [6.45, 7) is 2.88. The Bertz CT molecular complexity index is 252. The molecule has 0 aromatic heterocycles. The van der Waals surface area contributed by atoms with Gasteiger partial charge in [0.05, 0.1) is 0 Å². The molecule has 1 spiro atoms. The van der Waals surface area contributed by atoms with Crippen LogP contribution in [0.1, 0.15) is 44.9 Å². The van der Waals surface area contributed by atoms with E-state index in [1.165, 1.54) is 58.0 Å². The normalized spacial score (nSPS) is 47.6. The molecule has 3 aliphatic heterocycles. The van der Waals surface area contributed by atoms with Crippen LogP contribution in [0.3, 0.4) is 0 Å². The van der Waals surface area contributed by atoms with E-state index in [1.54, 1.807) is 0 Å². The Morgan fingerprint density at radius 3 is 2.20 bits per heavy atom. The predicted octanol–water partition coefficient (Wildman–Crippen LogP) is 1.76. The highest BCUT2D eigenvalue weighted by atomic mass is 15.3. The number of rotatable bonds is 1. The molecule has 2 bridgehead atoms. The summed E-state index contributed by atoms with van der Waals surface area (Å²) in [5.41, 5.74) is 0.823. The van der Waals surface area contributed by atoms with Gasteiger partial charge in [-0.05, 0) is 43.9 Å². The number of hydrogen-bond acceptors (Lipinski definition) is 2. The molecule has 1 aliphatic carbocycles. The molecule has 3 heterocycles. The average Bonchev–Trinajstić information content (AvgIpc) is 2.41. The number of hydrogen-bond donors (Lipinski definition) is 1. The Morgan fingerprint density at radius 1 is 1.00 bits per heavy atom. The van der Waals surface area contributed by atoms with Gasteiger partial charge in [-0.3, -0.25) is 4.90 Å². The first kappa shape index (κ1) is 9.00. The van der Waals surface area contributed by atoms with Gasteiger partial charge in [-0.2, -0.15) is 0 Å². The molecule has 1 saturated carbocycles. The Morgan fingerprint density at radius 2 is 1.67 bits per heavy atom. The highest BCUT2D eigenvalue weighted by Gasteiger charge is 2.50. The molecule has 0 aromatic carbocycles.